The van der Waals surface area contributed by atoms with Crippen molar-refractivity contribution in [2.75, 3.05) is 6.26 Å². The average Bonchev–Trinajstić information content (AvgIpc) is 2.86. The largest absolute Gasteiger partial charge is 0.293 e. The third-order valence-electron chi connectivity index (χ3n) is 2.34. The van der Waals surface area contributed by atoms with E-state index >= 15 is 0 Å². The summed E-state index contributed by atoms with van der Waals surface area (Å²) in [5, 5.41) is 7.93. The van der Waals surface area contributed by atoms with Gasteiger partial charge in [0.05, 0.1) is 5.25 Å². The molecular weight excluding hydrogens is 364 g/mol. The Morgan fingerprint density at radius 1 is 1.26 bits per heavy atom. The molecule has 0 amide bonds. The van der Waals surface area contributed by atoms with Gasteiger partial charge in [-0.2, -0.15) is 0 Å². The van der Waals surface area contributed by atoms with Crippen LogP contribution in [0.2, 0.25) is 0 Å². The predicted octanol–water partition coefficient (Wildman–Crippen LogP) is 4.39. The lowest BCUT2D eigenvalue weighted by molar-refractivity contribution is 0.0994. The first-order valence-electron chi connectivity index (χ1n) is 5.44. The Balaban J connectivity index is 2.04. The molecule has 0 saturated heterocycles. The molecule has 3 nitrogen and oxygen atoms in total. The van der Waals surface area contributed by atoms with Crippen LogP contribution >= 0.6 is 50.8 Å². The number of nitrogens with zero attached hydrogens (tertiary/aromatic N) is 2. The monoisotopic (exact) mass is 374 g/mol. The van der Waals surface area contributed by atoms with Gasteiger partial charge in [-0.1, -0.05) is 62.9 Å². The van der Waals surface area contributed by atoms with E-state index in [1.165, 1.54) is 23.1 Å². The molecule has 19 heavy (non-hydrogen) atoms. The molecule has 2 aromatic rings. The van der Waals surface area contributed by atoms with Gasteiger partial charge < -0.3 is 0 Å². The molecule has 0 spiro atoms. The second-order valence-corrected chi connectivity index (χ2v) is 8.20. The number of carbonyl (C=O) groups excluding carboxylic acids is 1. The van der Waals surface area contributed by atoms with E-state index in [-0.39, 0.29) is 11.0 Å². The second kappa shape index (κ2) is 6.88. The molecular formula is C12H11BrN2OS3. The van der Waals surface area contributed by atoms with Gasteiger partial charge in [0.2, 0.25) is 0 Å². The van der Waals surface area contributed by atoms with Gasteiger partial charge in [0.15, 0.2) is 14.5 Å². The van der Waals surface area contributed by atoms with E-state index in [0.29, 0.717) is 0 Å². The Bertz CT molecular complexity index is 571. The van der Waals surface area contributed by atoms with Crippen LogP contribution in [0.15, 0.2) is 37.4 Å². The number of ketones is 1. The van der Waals surface area contributed by atoms with Crippen molar-refractivity contribution in [3.63, 3.8) is 0 Å². The van der Waals surface area contributed by atoms with Crippen molar-refractivity contribution in [3.05, 3.63) is 34.3 Å². The zero-order chi connectivity index (χ0) is 13.8. The highest BCUT2D eigenvalue weighted by Crippen LogP contribution is 2.31. The summed E-state index contributed by atoms with van der Waals surface area (Å²) in [4.78, 5) is 12.3. The van der Waals surface area contributed by atoms with Crippen molar-refractivity contribution in [2.24, 2.45) is 0 Å². The number of thioether (sulfide) groups is 2. The summed E-state index contributed by atoms with van der Waals surface area (Å²) in [5.74, 6) is 0.110. The van der Waals surface area contributed by atoms with Crippen molar-refractivity contribution < 1.29 is 4.79 Å². The number of Topliss-reactive ketones (excluding diaryl/α,β-unsaturated/α-hetero) is 1. The van der Waals surface area contributed by atoms with Crippen molar-refractivity contribution >= 4 is 56.6 Å². The summed E-state index contributed by atoms with van der Waals surface area (Å²) in [6.45, 7) is 1.90. The number of aromatic nitrogens is 2. The molecule has 1 atom stereocenters. The number of carbonyl (C=O) groups is 1. The summed E-state index contributed by atoms with van der Waals surface area (Å²) in [6, 6.07) is 7.41. The highest BCUT2D eigenvalue weighted by atomic mass is 79.9. The van der Waals surface area contributed by atoms with Gasteiger partial charge in [0.1, 0.15) is 0 Å². The maximum atomic E-state index is 12.3. The minimum Gasteiger partial charge on any atom is -0.293 e. The van der Waals surface area contributed by atoms with Gasteiger partial charge in [-0.3, -0.25) is 4.79 Å². The molecule has 0 aliphatic heterocycles. The van der Waals surface area contributed by atoms with Gasteiger partial charge >= 0.3 is 0 Å². The highest BCUT2D eigenvalue weighted by Gasteiger charge is 2.18. The molecule has 2 rings (SSSR count). The number of halogens is 1. The van der Waals surface area contributed by atoms with Crippen LogP contribution in [0.5, 0.6) is 0 Å². The normalized spacial score (nSPS) is 12.4. The van der Waals surface area contributed by atoms with Crippen molar-refractivity contribution in [1.29, 1.82) is 0 Å². The molecule has 1 aromatic carbocycles. The van der Waals surface area contributed by atoms with Gasteiger partial charge in [-0.05, 0) is 25.3 Å². The summed E-state index contributed by atoms with van der Waals surface area (Å²) in [5.41, 5.74) is 0.720. The van der Waals surface area contributed by atoms with E-state index in [0.717, 1.165) is 18.7 Å². The van der Waals surface area contributed by atoms with E-state index in [2.05, 4.69) is 26.1 Å². The van der Waals surface area contributed by atoms with Crippen molar-refractivity contribution in [2.45, 2.75) is 20.9 Å². The molecule has 0 radical (unpaired) electrons. The first kappa shape index (κ1) is 15.0. The van der Waals surface area contributed by atoms with Crippen LogP contribution in [0, 0.1) is 0 Å². The number of benzene rings is 1. The quantitative estimate of drug-likeness (QED) is 0.573. The lowest BCUT2D eigenvalue weighted by atomic mass is 10.1. The Morgan fingerprint density at radius 2 is 1.89 bits per heavy atom. The third-order valence-corrected chi connectivity index (χ3v) is 5.95. The van der Waals surface area contributed by atoms with Crippen LogP contribution in [0.3, 0.4) is 0 Å². The van der Waals surface area contributed by atoms with Crippen molar-refractivity contribution in [3.8, 4) is 0 Å². The summed E-state index contributed by atoms with van der Waals surface area (Å²) in [6.07, 6.45) is 1.96. The molecule has 7 heteroatoms. The molecule has 1 aromatic heterocycles. The average molecular weight is 375 g/mol. The van der Waals surface area contributed by atoms with E-state index in [4.69, 9.17) is 0 Å². The van der Waals surface area contributed by atoms with E-state index in [1.807, 2.05) is 37.4 Å². The maximum absolute atomic E-state index is 12.3. The fourth-order valence-electron chi connectivity index (χ4n) is 1.38. The second-order valence-electron chi connectivity index (χ2n) is 3.67. The molecule has 0 bridgehead atoms. The van der Waals surface area contributed by atoms with Crippen LogP contribution in [0.25, 0.3) is 0 Å². The highest BCUT2D eigenvalue weighted by molar-refractivity contribution is 9.10. The van der Waals surface area contributed by atoms with Gasteiger partial charge in [-0.15, -0.1) is 10.2 Å². The Morgan fingerprint density at radius 3 is 2.47 bits per heavy atom. The van der Waals surface area contributed by atoms with Crippen LogP contribution < -0.4 is 0 Å². The first-order valence-corrected chi connectivity index (χ1v) is 9.15. The third kappa shape index (κ3) is 4.05. The van der Waals surface area contributed by atoms with Gasteiger partial charge in [0.25, 0.3) is 0 Å². The topological polar surface area (TPSA) is 42.9 Å². The number of hydrogen-bond donors (Lipinski definition) is 0. The minimum absolute atomic E-state index is 0.110. The molecule has 0 aliphatic rings. The lowest BCUT2D eigenvalue weighted by Gasteiger charge is -2.07. The Hall–Kier alpha value is -0.370. The number of hydrogen-bond acceptors (Lipinski definition) is 6. The minimum atomic E-state index is -0.163. The molecule has 0 fully saturated rings. The van der Waals surface area contributed by atoms with Crippen LogP contribution in [-0.2, 0) is 0 Å². The SMILES string of the molecule is CSc1nnc(S[C@@H](C)C(=O)c2ccc(Br)cc2)s1. The molecule has 0 N–H and O–H groups in total. The van der Waals surface area contributed by atoms with E-state index in [1.54, 1.807) is 11.8 Å². The number of rotatable bonds is 5. The molecule has 1 heterocycles. The zero-order valence-corrected chi connectivity index (χ0v) is 14.3. The predicted molar refractivity (Wildman–Crippen MR) is 85.5 cm³/mol. The summed E-state index contributed by atoms with van der Waals surface area (Å²) < 4.78 is 2.73. The standard InChI is InChI=1S/C12H11BrN2OS3/c1-7(18-12-15-14-11(17-2)19-12)10(16)8-3-5-9(13)6-4-8/h3-7H,1-2H3/t7-/m0/s1. The molecule has 0 aliphatic carbocycles. The molecule has 0 saturated carbocycles. The van der Waals surface area contributed by atoms with E-state index < -0.39 is 0 Å². The first-order chi connectivity index (χ1) is 9.10. The summed E-state index contributed by atoms with van der Waals surface area (Å²) >= 11 is 7.90. The maximum Gasteiger partial charge on any atom is 0.175 e. The van der Waals surface area contributed by atoms with Crippen LogP contribution in [0.1, 0.15) is 17.3 Å². The lowest BCUT2D eigenvalue weighted by Crippen LogP contribution is -2.13. The summed E-state index contributed by atoms with van der Waals surface area (Å²) in [7, 11) is 0. The van der Waals surface area contributed by atoms with Gasteiger partial charge in [-0.25, -0.2) is 0 Å². The smallest absolute Gasteiger partial charge is 0.175 e. The Labute approximate surface area is 132 Å². The molecule has 100 valence electrons. The Kier molecular flexibility index (Phi) is 5.44. The molecule has 0 unspecified atom stereocenters. The zero-order valence-electron chi connectivity index (χ0n) is 10.3. The van der Waals surface area contributed by atoms with Crippen LogP contribution in [-0.4, -0.2) is 27.5 Å². The van der Waals surface area contributed by atoms with Crippen LogP contribution in [0.4, 0.5) is 0 Å². The van der Waals surface area contributed by atoms with E-state index in [9.17, 15) is 4.79 Å². The van der Waals surface area contributed by atoms with Gasteiger partial charge in [0, 0.05) is 10.0 Å². The van der Waals surface area contributed by atoms with Crippen molar-refractivity contribution in [1.82, 2.24) is 10.2 Å². The fourth-order valence-corrected chi connectivity index (χ4v) is 4.30. The fraction of sp³-hybridized carbons (Fsp3) is 0.250.